The van der Waals surface area contributed by atoms with Crippen LogP contribution in [0, 0.1) is 12.7 Å². The number of aromatic hydroxyl groups is 1. The van der Waals surface area contributed by atoms with Crippen LogP contribution in [-0.2, 0) is 6.54 Å². The number of amides is 1. The first kappa shape index (κ1) is 25.4. The number of carbonyl (C=O) groups excluding carboxylic acids is 1. The number of phenolic OH excluding ortho intramolecular Hbond substituents is 1. The zero-order chi connectivity index (χ0) is 27.1. The molecule has 38 heavy (non-hydrogen) atoms. The third kappa shape index (κ3) is 4.18. The number of phenols is 1. The highest BCUT2D eigenvalue weighted by Crippen LogP contribution is 2.49. The van der Waals surface area contributed by atoms with Gasteiger partial charge in [0.1, 0.15) is 23.0 Å². The number of hydrogen-bond donors (Lipinski definition) is 2. The summed E-state index contributed by atoms with van der Waals surface area (Å²) in [7, 11) is 4.53. The maximum absolute atomic E-state index is 13.7. The number of aromatic amines is 1. The average molecular weight is 538 g/mol. The van der Waals surface area contributed by atoms with E-state index in [-0.39, 0.29) is 29.7 Å². The maximum atomic E-state index is 13.7. The molecule has 0 fully saturated rings. The predicted molar refractivity (Wildman–Crippen MR) is 140 cm³/mol. The van der Waals surface area contributed by atoms with Crippen molar-refractivity contribution in [3.8, 4) is 34.3 Å². The standard InChI is InChI=1S/C28H25ClFN3O5/c1-14-9-20(34)18(12-19(14)29)24-23-25(32-31-24)28(35)33(13-15-5-7-17(30)8-6-15)26(23)16-10-21(36-2)27(38-4)22(11-16)37-3/h5-12,26,34H,13H2,1-4H3,(H,31,32). The number of benzene rings is 3. The minimum absolute atomic E-state index is 0.0192. The van der Waals surface area contributed by atoms with Crippen molar-refractivity contribution in [2.45, 2.75) is 19.5 Å². The fourth-order valence-electron chi connectivity index (χ4n) is 4.81. The summed E-state index contributed by atoms with van der Waals surface area (Å²) in [5.41, 5.74) is 3.70. The molecule has 1 atom stereocenters. The summed E-state index contributed by atoms with van der Waals surface area (Å²) in [4.78, 5) is 15.4. The number of ether oxygens (including phenoxy) is 3. The van der Waals surface area contributed by atoms with Gasteiger partial charge in [-0.3, -0.25) is 9.89 Å². The second-order valence-electron chi connectivity index (χ2n) is 8.90. The second kappa shape index (κ2) is 9.90. The van der Waals surface area contributed by atoms with Crippen LogP contribution in [0.15, 0.2) is 48.5 Å². The Bertz CT molecular complexity index is 1510. The maximum Gasteiger partial charge on any atom is 0.273 e. The number of fused-ring (bicyclic) bond motifs is 1. The van der Waals surface area contributed by atoms with Crippen LogP contribution >= 0.6 is 11.6 Å². The number of H-pyrrole nitrogens is 1. The number of rotatable bonds is 7. The number of hydrogen-bond acceptors (Lipinski definition) is 6. The molecule has 0 saturated carbocycles. The van der Waals surface area contributed by atoms with Crippen molar-refractivity contribution in [3.05, 3.63) is 87.3 Å². The number of nitrogens with zero attached hydrogens (tertiary/aromatic N) is 2. The van der Waals surface area contributed by atoms with Gasteiger partial charge in [0.25, 0.3) is 5.91 Å². The summed E-state index contributed by atoms with van der Waals surface area (Å²) < 4.78 is 30.2. The lowest BCUT2D eigenvalue weighted by Gasteiger charge is -2.27. The molecule has 1 aromatic heterocycles. The van der Waals surface area contributed by atoms with Crippen LogP contribution in [0.25, 0.3) is 11.3 Å². The van der Waals surface area contributed by atoms with Gasteiger partial charge in [0.15, 0.2) is 11.5 Å². The molecule has 0 spiro atoms. The summed E-state index contributed by atoms with van der Waals surface area (Å²) in [5, 5.41) is 18.5. The van der Waals surface area contributed by atoms with E-state index in [0.29, 0.717) is 50.2 Å². The van der Waals surface area contributed by atoms with Crippen molar-refractivity contribution < 1.29 is 28.5 Å². The van der Waals surface area contributed by atoms with E-state index in [2.05, 4.69) is 10.2 Å². The Labute approximate surface area is 223 Å². The first-order valence-electron chi connectivity index (χ1n) is 11.7. The SMILES string of the molecule is COc1cc(C2c3c(-c4cc(Cl)c(C)cc4O)n[nH]c3C(=O)N2Cc2ccc(F)cc2)cc(OC)c1OC. The van der Waals surface area contributed by atoms with Crippen LogP contribution in [0.3, 0.4) is 0 Å². The molecule has 1 aliphatic rings. The van der Waals surface area contributed by atoms with E-state index in [9.17, 15) is 14.3 Å². The normalized spacial score (nSPS) is 14.5. The minimum Gasteiger partial charge on any atom is -0.507 e. The second-order valence-corrected chi connectivity index (χ2v) is 9.31. The highest BCUT2D eigenvalue weighted by molar-refractivity contribution is 6.31. The summed E-state index contributed by atoms with van der Waals surface area (Å²) in [6.45, 7) is 1.97. The first-order chi connectivity index (χ1) is 18.3. The Balaban J connectivity index is 1.73. The summed E-state index contributed by atoms with van der Waals surface area (Å²) >= 11 is 6.39. The highest BCUT2D eigenvalue weighted by Gasteiger charge is 2.43. The Morgan fingerprint density at radius 2 is 1.71 bits per heavy atom. The van der Waals surface area contributed by atoms with Crippen LogP contribution < -0.4 is 14.2 Å². The molecule has 2 N–H and O–H groups in total. The zero-order valence-corrected chi connectivity index (χ0v) is 21.9. The lowest BCUT2D eigenvalue weighted by atomic mass is 9.94. The van der Waals surface area contributed by atoms with Crippen LogP contribution in [0.4, 0.5) is 4.39 Å². The lowest BCUT2D eigenvalue weighted by Crippen LogP contribution is -2.29. The molecule has 0 bridgehead atoms. The number of aromatic nitrogens is 2. The van der Waals surface area contributed by atoms with E-state index in [4.69, 9.17) is 25.8 Å². The van der Waals surface area contributed by atoms with Crippen molar-refractivity contribution >= 4 is 17.5 Å². The first-order valence-corrected chi connectivity index (χ1v) is 12.1. The van der Waals surface area contributed by atoms with Gasteiger partial charge in [-0.05, 0) is 60.0 Å². The van der Waals surface area contributed by atoms with Gasteiger partial charge in [-0.25, -0.2) is 4.39 Å². The van der Waals surface area contributed by atoms with Gasteiger partial charge >= 0.3 is 0 Å². The number of nitrogens with one attached hydrogen (secondary N) is 1. The van der Waals surface area contributed by atoms with Crippen molar-refractivity contribution in [1.29, 1.82) is 0 Å². The van der Waals surface area contributed by atoms with E-state index < -0.39 is 6.04 Å². The topological polar surface area (TPSA) is 96.9 Å². The Morgan fingerprint density at radius 1 is 1.05 bits per heavy atom. The molecule has 0 radical (unpaired) electrons. The fraction of sp³-hybridized carbons (Fsp3) is 0.214. The Morgan fingerprint density at radius 3 is 2.32 bits per heavy atom. The number of carbonyl (C=O) groups is 1. The Kier molecular flexibility index (Phi) is 6.62. The molecule has 8 nitrogen and oxygen atoms in total. The summed E-state index contributed by atoms with van der Waals surface area (Å²) in [6, 6.07) is 12.0. The van der Waals surface area contributed by atoms with E-state index >= 15 is 0 Å². The molecular weight excluding hydrogens is 513 g/mol. The molecule has 0 aliphatic carbocycles. The number of aryl methyl sites for hydroxylation is 1. The van der Waals surface area contributed by atoms with Crippen LogP contribution in [0.2, 0.25) is 5.02 Å². The smallest absolute Gasteiger partial charge is 0.273 e. The van der Waals surface area contributed by atoms with E-state index in [1.165, 1.54) is 33.5 Å². The van der Waals surface area contributed by atoms with Gasteiger partial charge in [0, 0.05) is 22.7 Å². The minimum atomic E-state index is -0.663. The van der Waals surface area contributed by atoms with E-state index in [1.54, 1.807) is 48.2 Å². The van der Waals surface area contributed by atoms with Crippen LogP contribution in [0.1, 0.15) is 38.8 Å². The Hall–Kier alpha value is -4.24. The molecule has 2 heterocycles. The molecule has 196 valence electrons. The largest absolute Gasteiger partial charge is 0.507 e. The number of methoxy groups -OCH3 is 3. The third-order valence-corrected chi connectivity index (χ3v) is 7.07. The van der Waals surface area contributed by atoms with Crippen LogP contribution in [-0.4, -0.2) is 47.4 Å². The van der Waals surface area contributed by atoms with Crippen molar-refractivity contribution in [3.63, 3.8) is 0 Å². The summed E-state index contributed by atoms with van der Waals surface area (Å²) in [5.74, 6) is 0.537. The predicted octanol–water partition coefficient (Wildman–Crippen LogP) is 5.65. The van der Waals surface area contributed by atoms with Gasteiger partial charge in [-0.1, -0.05) is 23.7 Å². The highest BCUT2D eigenvalue weighted by atomic mass is 35.5. The van der Waals surface area contributed by atoms with E-state index in [1.807, 2.05) is 0 Å². The van der Waals surface area contributed by atoms with Crippen molar-refractivity contribution in [2.75, 3.05) is 21.3 Å². The average Bonchev–Trinajstić information content (AvgIpc) is 3.45. The molecule has 1 aliphatic heterocycles. The molecule has 0 saturated heterocycles. The fourth-order valence-corrected chi connectivity index (χ4v) is 4.98. The van der Waals surface area contributed by atoms with Gasteiger partial charge in [0.2, 0.25) is 5.75 Å². The molecule has 10 heteroatoms. The van der Waals surface area contributed by atoms with Gasteiger partial charge in [-0.2, -0.15) is 5.10 Å². The van der Waals surface area contributed by atoms with Crippen molar-refractivity contribution in [1.82, 2.24) is 15.1 Å². The monoisotopic (exact) mass is 537 g/mol. The molecule has 4 aromatic rings. The quantitative estimate of drug-likeness (QED) is 0.316. The third-order valence-electron chi connectivity index (χ3n) is 6.66. The molecule has 1 unspecified atom stereocenters. The van der Waals surface area contributed by atoms with E-state index in [0.717, 1.165) is 5.56 Å². The molecule has 1 amide bonds. The van der Waals surface area contributed by atoms with Gasteiger partial charge in [0.05, 0.1) is 27.4 Å². The number of halogens is 2. The summed E-state index contributed by atoms with van der Waals surface area (Å²) in [6.07, 6.45) is 0. The lowest BCUT2D eigenvalue weighted by molar-refractivity contribution is 0.0729. The molecule has 5 rings (SSSR count). The molecule has 3 aromatic carbocycles. The van der Waals surface area contributed by atoms with Crippen LogP contribution in [0.5, 0.6) is 23.0 Å². The van der Waals surface area contributed by atoms with Gasteiger partial charge in [-0.15, -0.1) is 0 Å². The zero-order valence-electron chi connectivity index (χ0n) is 21.1. The molecular formula is C28H25ClFN3O5. The van der Waals surface area contributed by atoms with Gasteiger partial charge < -0.3 is 24.2 Å². The van der Waals surface area contributed by atoms with Crippen molar-refractivity contribution in [2.24, 2.45) is 0 Å².